The maximum atomic E-state index is 12.3. The van der Waals surface area contributed by atoms with Gasteiger partial charge in [0.15, 0.2) is 11.5 Å². The molecule has 1 heterocycles. The molecule has 6 heteroatoms. The van der Waals surface area contributed by atoms with Gasteiger partial charge < -0.3 is 9.47 Å². The van der Waals surface area contributed by atoms with Crippen LogP contribution in [0, 0.1) is 0 Å². The van der Waals surface area contributed by atoms with Gasteiger partial charge in [0, 0.05) is 5.56 Å². The fourth-order valence-electron chi connectivity index (χ4n) is 2.48. The van der Waals surface area contributed by atoms with Gasteiger partial charge in [-0.2, -0.15) is 0 Å². The van der Waals surface area contributed by atoms with Gasteiger partial charge in [-0.05, 0) is 41.6 Å². The van der Waals surface area contributed by atoms with E-state index in [1.807, 2.05) is 48.5 Å². The number of nitrogens with zero attached hydrogens (tertiary/aromatic N) is 1. The van der Waals surface area contributed by atoms with Crippen molar-refractivity contribution in [3.05, 3.63) is 65.4 Å². The first kappa shape index (κ1) is 19.6. The van der Waals surface area contributed by atoms with E-state index in [1.54, 1.807) is 24.9 Å². The van der Waals surface area contributed by atoms with E-state index in [1.165, 1.54) is 11.8 Å². The summed E-state index contributed by atoms with van der Waals surface area (Å²) in [6.07, 6.45) is 2.82. The quantitative estimate of drug-likeness (QED) is 0.584. The lowest BCUT2D eigenvalue weighted by Gasteiger charge is -2.13. The van der Waals surface area contributed by atoms with Crippen molar-refractivity contribution in [3.8, 4) is 11.5 Å². The first-order valence-corrected chi connectivity index (χ1v) is 10.5. The number of para-hydroxylation sites is 1. The molecule has 0 amide bonds. The van der Waals surface area contributed by atoms with Gasteiger partial charge in [-0.3, -0.25) is 4.79 Å². The van der Waals surface area contributed by atoms with Crippen molar-refractivity contribution in [2.24, 2.45) is 4.99 Å². The Morgan fingerprint density at radius 3 is 2.70 bits per heavy atom. The van der Waals surface area contributed by atoms with E-state index in [0.717, 1.165) is 27.7 Å². The van der Waals surface area contributed by atoms with Crippen LogP contribution in [0.25, 0.3) is 6.08 Å². The Morgan fingerprint density at radius 2 is 1.96 bits per heavy atom. The molecule has 0 atom stereocenters. The molecule has 0 unspecified atom stereocenters. The van der Waals surface area contributed by atoms with Crippen LogP contribution in [0.3, 0.4) is 0 Å². The number of carbonyl (C=O) groups excluding carboxylic acids is 1. The van der Waals surface area contributed by atoms with E-state index in [-0.39, 0.29) is 5.12 Å². The predicted molar refractivity (Wildman–Crippen MR) is 115 cm³/mol. The highest BCUT2D eigenvalue weighted by Crippen LogP contribution is 2.36. The van der Waals surface area contributed by atoms with Crippen molar-refractivity contribution in [3.63, 3.8) is 0 Å². The summed E-state index contributed by atoms with van der Waals surface area (Å²) >= 11 is 2.81. The summed E-state index contributed by atoms with van der Waals surface area (Å²) in [5.41, 5.74) is 2.28. The van der Waals surface area contributed by atoms with Gasteiger partial charge in [0.2, 0.25) is 5.12 Å². The molecule has 2 aromatic carbocycles. The Bertz CT molecular complexity index is 863. The van der Waals surface area contributed by atoms with Crippen LogP contribution >= 0.6 is 23.5 Å². The standard InChI is InChI=1S/C21H21NO3S2/c1-3-12-26-21-22-17(20(23)27-21)13-16-10-7-11-18(24-2)19(16)25-14-15-8-5-4-6-9-15/h4-11,13H,3,12,14H2,1-2H3/b17-13+. The number of methoxy groups -OCH3 is 1. The molecule has 1 aliphatic heterocycles. The molecule has 0 aromatic heterocycles. The molecular weight excluding hydrogens is 378 g/mol. The summed E-state index contributed by atoms with van der Waals surface area (Å²) in [4.78, 5) is 16.8. The maximum Gasteiger partial charge on any atom is 0.244 e. The molecule has 0 aliphatic carbocycles. The van der Waals surface area contributed by atoms with E-state index in [0.29, 0.717) is 23.8 Å². The molecule has 0 fully saturated rings. The molecule has 27 heavy (non-hydrogen) atoms. The lowest BCUT2D eigenvalue weighted by Crippen LogP contribution is -2.00. The second-order valence-electron chi connectivity index (χ2n) is 5.80. The highest BCUT2D eigenvalue weighted by atomic mass is 32.2. The van der Waals surface area contributed by atoms with Crippen LogP contribution in [-0.4, -0.2) is 22.4 Å². The summed E-state index contributed by atoms with van der Waals surface area (Å²) in [5, 5.41) is -0.0366. The first-order valence-electron chi connectivity index (χ1n) is 8.70. The van der Waals surface area contributed by atoms with Crippen molar-refractivity contribution in [1.82, 2.24) is 0 Å². The molecule has 140 valence electrons. The largest absolute Gasteiger partial charge is 0.493 e. The fourth-order valence-corrected chi connectivity index (χ4v) is 4.25. The van der Waals surface area contributed by atoms with Crippen molar-refractivity contribution >= 4 is 39.1 Å². The van der Waals surface area contributed by atoms with Gasteiger partial charge >= 0.3 is 0 Å². The van der Waals surface area contributed by atoms with Crippen molar-refractivity contribution < 1.29 is 14.3 Å². The Morgan fingerprint density at radius 1 is 1.15 bits per heavy atom. The molecule has 1 aliphatic rings. The Kier molecular flexibility index (Phi) is 7.01. The van der Waals surface area contributed by atoms with Gasteiger partial charge in [-0.1, -0.05) is 61.2 Å². The number of hydrogen-bond acceptors (Lipinski definition) is 6. The third kappa shape index (κ3) is 5.17. The highest BCUT2D eigenvalue weighted by Gasteiger charge is 2.23. The maximum absolute atomic E-state index is 12.3. The SMILES string of the molecule is CCCSC1=N/C(=C/c2cccc(OC)c2OCc2ccccc2)C(=O)S1. The minimum atomic E-state index is -0.0366. The summed E-state index contributed by atoms with van der Waals surface area (Å²) in [6, 6.07) is 15.6. The normalized spacial score (nSPS) is 15.1. The van der Waals surface area contributed by atoms with Crippen LogP contribution in [-0.2, 0) is 11.4 Å². The number of hydrogen-bond donors (Lipinski definition) is 0. The van der Waals surface area contributed by atoms with Gasteiger partial charge in [0.05, 0.1) is 7.11 Å². The van der Waals surface area contributed by atoms with E-state index < -0.39 is 0 Å². The second kappa shape index (κ2) is 9.67. The number of aliphatic imine (C=N–C) groups is 1. The zero-order valence-corrected chi connectivity index (χ0v) is 16.9. The van der Waals surface area contributed by atoms with E-state index in [4.69, 9.17) is 9.47 Å². The molecule has 0 saturated heterocycles. The van der Waals surface area contributed by atoms with Crippen LogP contribution in [0.2, 0.25) is 0 Å². The molecule has 2 aromatic rings. The summed E-state index contributed by atoms with van der Waals surface area (Å²) in [6.45, 7) is 2.53. The number of thioether (sulfide) groups is 2. The predicted octanol–water partition coefficient (Wildman–Crippen LogP) is 5.39. The second-order valence-corrected chi connectivity index (χ2v) is 8.10. The van der Waals surface area contributed by atoms with E-state index in [2.05, 4.69) is 11.9 Å². The molecule has 4 nitrogen and oxygen atoms in total. The zero-order valence-electron chi connectivity index (χ0n) is 15.3. The lowest BCUT2D eigenvalue weighted by atomic mass is 10.1. The Hall–Kier alpha value is -2.18. The number of rotatable bonds is 7. The Balaban J connectivity index is 1.86. The molecule has 0 bridgehead atoms. The van der Waals surface area contributed by atoms with Crippen LogP contribution in [0.1, 0.15) is 24.5 Å². The summed E-state index contributed by atoms with van der Waals surface area (Å²) in [7, 11) is 1.61. The van der Waals surface area contributed by atoms with Crippen LogP contribution in [0.4, 0.5) is 0 Å². The van der Waals surface area contributed by atoms with Gasteiger partial charge in [-0.15, -0.1) is 0 Å². The van der Waals surface area contributed by atoms with Crippen LogP contribution < -0.4 is 9.47 Å². The molecular formula is C21H21NO3S2. The average molecular weight is 400 g/mol. The average Bonchev–Trinajstić information content (AvgIpc) is 3.05. The Labute approximate surface area is 168 Å². The number of carbonyl (C=O) groups is 1. The fraction of sp³-hybridized carbons (Fsp3) is 0.238. The van der Waals surface area contributed by atoms with Crippen molar-refractivity contribution in [2.75, 3.05) is 12.9 Å². The van der Waals surface area contributed by atoms with E-state index in [9.17, 15) is 4.79 Å². The highest BCUT2D eigenvalue weighted by molar-refractivity contribution is 8.45. The minimum Gasteiger partial charge on any atom is -0.493 e. The summed E-state index contributed by atoms with van der Waals surface area (Å²) in [5.74, 6) is 2.19. The molecule has 0 spiro atoms. The van der Waals surface area contributed by atoms with Crippen molar-refractivity contribution in [1.29, 1.82) is 0 Å². The number of ether oxygens (including phenoxy) is 2. The molecule has 3 rings (SSSR count). The van der Waals surface area contributed by atoms with Gasteiger partial charge in [-0.25, -0.2) is 4.99 Å². The third-order valence-corrected chi connectivity index (χ3v) is 5.99. The molecule has 0 radical (unpaired) electrons. The lowest BCUT2D eigenvalue weighted by molar-refractivity contribution is -0.107. The van der Waals surface area contributed by atoms with E-state index >= 15 is 0 Å². The monoisotopic (exact) mass is 399 g/mol. The topological polar surface area (TPSA) is 47.9 Å². The third-order valence-electron chi connectivity index (χ3n) is 3.78. The first-order chi connectivity index (χ1) is 13.2. The minimum absolute atomic E-state index is 0.0366. The van der Waals surface area contributed by atoms with Crippen LogP contribution in [0.15, 0.2) is 59.2 Å². The smallest absolute Gasteiger partial charge is 0.244 e. The molecule has 0 saturated carbocycles. The zero-order chi connectivity index (χ0) is 19.1. The van der Waals surface area contributed by atoms with Gasteiger partial charge in [0.1, 0.15) is 16.7 Å². The van der Waals surface area contributed by atoms with Gasteiger partial charge in [0.25, 0.3) is 0 Å². The molecule has 0 N–H and O–H groups in total. The van der Waals surface area contributed by atoms with Crippen LogP contribution in [0.5, 0.6) is 11.5 Å². The summed E-state index contributed by atoms with van der Waals surface area (Å²) < 4.78 is 12.3. The number of benzene rings is 2. The van der Waals surface area contributed by atoms with Crippen molar-refractivity contribution in [2.45, 2.75) is 20.0 Å².